The van der Waals surface area contributed by atoms with Gasteiger partial charge in [-0.3, -0.25) is 21.7 Å². The van der Waals surface area contributed by atoms with Gasteiger partial charge in [-0.05, 0) is 34.6 Å². The second-order valence-corrected chi connectivity index (χ2v) is 5.06. The summed E-state index contributed by atoms with van der Waals surface area (Å²) in [6.45, 7) is 0. The van der Waals surface area contributed by atoms with Gasteiger partial charge in [0.25, 0.3) is 0 Å². The third kappa shape index (κ3) is 3.39. The molecule has 0 atom stereocenters. The van der Waals surface area contributed by atoms with E-state index in [4.69, 9.17) is 0 Å². The van der Waals surface area contributed by atoms with E-state index in [0.717, 1.165) is 11.4 Å². The van der Waals surface area contributed by atoms with Crippen LogP contribution in [0.15, 0.2) is 65.3 Å². The molecule has 4 rings (SSSR count). The maximum atomic E-state index is 4.68. The molecule has 0 saturated carbocycles. The standard InChI is InChI=1S/C16H14N8O/c1-3-7-11(8-4-1)19-21-13-14(18-16-15(17-13)23-25-24-16)22-20-12-9-5-2-6-10-12/h1-10,19-20H,(H,17,21,23)(H,18,22,24). The van der Waals surface area contributed by atoms with E-state index >= 15 is 0 Å². The number of fused-ring (bicyclic) bond motifs is 1. The Labute approximate surface area is 142 Å². The summed E-state index contributed by atoms with van der Waals surface area (Å²) in [6, 6.07) is 19.3. The number of benzene rings is 2. The Morgan fingerprint density at radius 1 is 0.560 bits per heavy atom. The third-order valence-corrected chi connectivity index (χ3v) is 3.31. The van der Waals surface area contributed by atoms with Gasteiger partial charge in [-0.1, -0.05) is 36.4 Å². The van der Waals surface area contributed by atoms with Crippen molar-refractivity contribution in [3.05, 3.63) is 60.7 Å². The number of nitrogens with one attached hydrogen (secondary N) is 4. The van der Waals surface area contributed by atoms with Crippen LogP contribution in [-0.4, -0.2) is 20.3 Å². The summed E-state index contributed by atoms with van der Waals surface area (Å²) in [4.78, 5) is 8.71. The predicted octanol–water partition coefficient (Wildman–Crippen LogP) is 2.89. The molecule has 9 heteroatoms. The Bertz CT molecular complexity index is 880. The van der Waals surface area contributed by atoms with Gasteiger partial charge in [-0.15, -0.1) is 0 Å². The van der Waals surface area contributed by atoms with Gasteiger partial charge in [0.05, 0.1) is 11.4 Å². The number of rotatable bonds is 6. The summed E-state index contributed by atoms with van der Waals surface area (Å²) in [5, 5.41) is 7.44. The summed E-state index contributed by atoms with van der Waals surface area (Å²) in [5.74, 6) is 0.881. The van der Waals surface area contributed by atoms with E-state index in [2.05, 4.69) is 46.6 Å². The second kappa shape index (κ2) is 6.71. The Balaban J connectivity index is 1.57. The lowest BCUT2D eigenvalue weighted by Gasteiger charge is -2.14. The van der Waals surface area contributed by atoms with Crippen molar-refractivity contribution in [3.8, 4) is 0 Å². The maximum Gasteiger partial charge on any atom is 0.245 e. The fraction of sp³-hybridized carbons (Fsp3) is 0. The Morgan fingerprint density at radius 3 is 1.44 bits per heavy atom. The minimum atomic E-state index is 0.308. The van der Waals surface area contributed by atoms with Gasteiger partial charge in [-0.25, -0.2) is 4.63 Å². The zero-order valence-electron chi connectivity index (χ0n) is 13.0. The van der Waals surface area contributed by atoms with Crippen molar-refractivity contribution in [2.45, 2.75) is 0 Å². The molecule has 25 heavy (non-hydrogen) atoms. The molecule has 2 heterocycles. The Kier molecular flexibility index (Phi) is 3.94. The number of hydrogen-bond acceptors (Lipinski definition) is 9. The number of nitrogens with zero attached hydrogens (tertiary/aromatic N) is 4. The number of aromatic nitrogens is 4. The second-order valence-electron chi connectivity index (χ2n) is 5.06. The zero-order valence-corrected chi connectivity index (χ0v) is 13.0. The fourth-order valence-electron chi connectivity index (χ4n) is 2.12. The molecule has 2 aromatic carbocycles. The van der Waals surface area contributed by atoms with Crippen LogP contribution in [0, 0.1) is 0 Å². The number of para-hydroxylation sites is 2. The van der Waals surface area contributed by atoms with Crippen molar-refractivity contribution < 1.29 is 4.63 Å². The first kappa shape index (κ1) is 14.7. The fourth-order valence-corrected chi connectivity index (χ4v) is 2.12. The first-order valence-electron chi connectivity index (χ1n) is 7.53. The molecule has 0 bridgehead atoms. The Hall–Kier alpha value is -3.88. The summed E-state index contributed by atoms with van der Waals surface area (Å²) < 4.78 is 4.68. The molecular formula is C16H14N8O. The molecule has 0 aliphatic heterocycles. The van der Waals surface area contributed by atoms with Crippen LogP contribution in [-0.2, 0) is 0 Å². The highest BCUT2D eigenvalue weighted by Gasteiger charge is 2.12. The average molecular weight is 334 g/mol. The van der Waals surface area contributed by atoms with E-state index in [1.54, 1.807) is 0 Å². The van der Waals surface area contributed by atoms with Gasteiger partial charge in [0.15, 0.2) is 11.6 Å². The molecule has 0 aliphatic rings. The minimum Gasteiger partial charge on any atom is -0.300 e. The quantitative estimate of drug-likeness (QED) is 0.395. The van der Waals surface area contributed by atoms with Gasteiger partial charge in [-0.2, -0.15) is 9.97 Å². The number of hydrazine groups is 2. The van der Waals surface area contributed by atoms with E-state index in [1.807, 2.05) is 60.7 Å². The van der Waals surface area contributed by atoms with E-state index in [1.165, 1.54) is 0 Å². The van der Waals surface area contributed by atoms with Gasteiger partial charge in [0.2, 0.25) is 11.3 Å². The normalized spacial score (nSPS) is 10.4. The highest BCUT2D eigenvalue weighted by atomic mass is 16.6. The molecule has 0 saturated heterocycles. The molecular weight excluding hydrogens is 320 g/mol. The van der Waals surface area contributed by atoms with Crippen LogP contribution in [0.5, 0.6) is 0 Å². The van der Waals surface area contributed by atoms with E-state index in [9.17, 15) is 0 Å². The van der Waals surface area contributed by atoms with Gasteiger partial charge < -0.3 is 0 Å². The van der Waals surface area contributed by atoms with Crippen LogP contribution < -0.4 is 21.7 Å². The lowest BCUT2D eigenvalue weighted by Crippen LogP contribution is -2.17. The van der Waals surface area contributed by atoms with E-state index in [0.29, 0.717) is 22.9 Å². The van der Waals surface area contributed by atoms with Crippen molar-refractivity contribution in [3.63, 3.8) is 0 Å². The van der Waals surface area contributed by atoms with Crippen molar-refractivity contribution in [1.82, 2.24) is 20.3 Å². The van der Waals surface area contributed by atoms with Gasteiger partial charge >= 0.3 is 0 Å². The molecule has 0 fully saturated rings. The number of hydrogen-bond donors (Lipinski definition) is 4. The molecule has 0 aliphatic carbocycles. The SMILES string of the molecule is c1ccc(NNc2nc3nonc3nc2NNc2ccccc2)cc1. The first-order chi connectivity index (χ1) is 12.4. The van der Waals surface area contributed by atoms with Crippen molar-refractivity contribution in [2.24, 2.45) is 0 Å². The van der Waals surface area contributed by atoms with Crippen LogP contribution in [0.25, 0.3) is 11.3 Å². The summed E-state index contributed by atoms with van der Waals surface area (Å²) >= 11 is 0. The summed E-state index contributed by atoms with van der Waals surface area (Å²) in [6.07, 6.45) is 0. The van der Waals surface area contributed by atoms with Crippen molar-refractivity contribution >= 4 is 34.3 Å². The molecule has 0 amide bonds. The Morgan fingerprint density at radius 2 is 1.00 bits per heavy atom. The van der Waals surface area contributed by atoms with Crippen LogP contribution in [0.4, 0.5) is 23.0 Å². The molecule has 2 aromatic heterocycles. The highest BCUT2D eigenvalue weighted by Crippen LogP contribution is 2.20. The van der Waals surface area contributed by atoms with Crippen LogP contribution >= 0.6 is 0 Å². The first-order valence-corrected chi connectivity index (χ1v) is 7.53. The lowest BCUT2D eigenvalue weighted by molar-refractivity contribution is 0.314. The molecule has 0 radical (unpaired) electrons. The third-order valence-electron chi connectivity index (χ3n) is 3.31. The number of anilines is 4. The van der Waals surface area contributed by atoms with E-state index < -0.39 is 0 Å². The molecule has 4 aromatic rings. The van der Waals surface area contributed by atoms with Crippen LogP contribution in [0.1, 0.15) is 0 Å². The van der Waals surface area contributed by atoms with Crippen molar-refractivity contribution in [2.75, 3.05) is 21.7 Å². The van der Waals surface area contributed by atoms with Crippen molar-refractivity contribution in [1.29, 1.82) is 0 Å². The smallest absolute Gasteiger partial charge is 0.245 e. The summed E-state index contributed by atoms with van der Waals surface area (Å²) in [5.41, 5.74) is 14.5. The largest absolute Gasteiger partial charge is 0.300 e. The molecule has 4 N–H and O–H groups in total. The molecule has 9 nitrogen and oxygen atoms in total. The zero-order chi connectivity index (χ0) is 16.9. The van der Waals surface area contributed by atoms with E-state index in [-0.39, 0.29) is 0 Å². The topological polar surface area (TPSA) is 113 Å². The molecule has 0 unspecified atom stereocenters. The molecule has 0 spiro atoms. The van der Waals surface area contributed by atoms with Gasteiger partial charge in [0, 0.05) is 0 Å². The monoisotopic (exact) mass is 334 g/mol. The average Bonchev–Trinajstić information content (AvgIpc) is 3.13. The predicted molar refractivity (Wildman–Crippen MR) is 94.8 cm³/mol. The minimum absolute atomic E-state index is 0.308. The maximum absolute atomic E-state index is 4.68. The lowest BCUT2D eigenvalue weighted by atomic mass is 10.3. The highest BCUT2D eigenvalue weighted by molar-refractivity contribution is 5.74. The van der Waals surface area contributed by atoms with Gasteiger partial charge in [0.1, 0.15) is 0 Å². The van der Waals surface area contributed by atoms with Crippen LogP contribution in [0.3, 0.4) is 0 Å². The molecule has 124 valence electrons. The van der Waals surface area contributed by atoms with Crippen LogP contribution in [0.2, 0.25) is 0 Å². The summed E-state index contributed by atoms with van der Waals surface area (Å²) in [7, 11) is 0.